The monoisotopic (exact) mass is 461 g/mol. The zero-order valence-electron chi connectivity index (χ0n) is 19.0. The van der Waals surface area contributed by atoms with Crippen molar-refractivity contribution in [1.29, 1.82) is 0 Å². The molecule has 0 bridgehead atoms. The second kappa shape index (κ2) is 6.73. The van der Waals surface area contributed by atoms with Crippen molar-refractivity contribution in [1.82, 2.24) is 4.90 Å². The number of fused-ring (bicyclic) bond motifs is 7. The molecule has 1 saturated heterocycles. The van der Waals surface area contributed by atoms with Gasteiger partial charge in [-0.2, -0.15) is 0 Å². The normalized spacial score (nSPS) is 24.7. The molecule has 0 radical (unpaired) electrons. The van der Waals surface area contributed by atoms with Crippen LogP contribution in [0.25, 0.3) is 11.1 Å². The van der Waals surface area contributed by atoms with Gasteiger partial charge in [0.15, 0.2) is 11.5 Å². The second-order valence-electron chi connectivity index (χ2n) is 9.69. The fourth-order valence-corrected chi connectivity index (χ4v) is 6.77. The Morgan fingerprint density at radius 3 is 2.09 bits per heavy atom. The summed E-state index contributed by atoms with van der Waals surface area (Å²) in [6.45, 7) is 0.504. The van der Waals surface area contributed by atoms with Crippen LogP contribution in [0.5, 0.6) is 11.5 Å². The lowest BCUT2D eigenvalue weighted by molar-refractivity contribution is -0.181. The van der Waals surface area contributed by atoms with Crippen molar-refractivity contribution in [2.45, 2.75) is 23.8 Å². The van der Waals surface area contributed by atoms with Gasteiger partial charge < -0.3 is 19.3 Å². The lowest BCUT2D eigenvalue weighted by atomic mass is 9.78. The number of aliphatic hydroxyl groups is 1. The highest BCUT2D eigenvalue weighted by Crippen LogP contribution is 2.59. The summed E-state index contributed by atoms with van der Waals surface area (Å²) in [5, 5.41) is 12.0. The van der Waals surface area contributed by atoms with Gasteiger partial charge in [-0.05, 0) is 51.9 Å². The first kappa shape index (κ1) is 19.6. The third-order valence-corrected chi connectivity index (χ3v) is 8.20. The largest absolute Gasteiger partial charge is 0.454 e. The zero-order valence-corrected chi connectivity index (χ0v) is 19.0. The van der Waals surface area contributed by atoms with Crippen molar-refractivity contribution >= 4 is 0 Å². The predicted molar refractivity (Wildman–Crippen MR) is 130 cm³/mol. The highest BCUT2D eigenvalue weighted by atomic mass is 16.7. The van der Waals surface area contributed by atoms with Crippen molar-refractivity contribution in [2.24, 2.45) is 0 Å². The van der Waals surface area contributed by atoms with Crippen LogP contribution in [0.4, 0.5) is 0 Å². The smallest absolute Gasteiger partial charge is 0.231 e. The van der Waals surface area contributed by atoms with Gasteiger partial charge in [-0.25, -0.2) is 0 Å². The summed E-state index contributed by atoms with van der Waals surface area (Å²) in [5.74, 6) is -0.0349. The fraction of sp³-hybridized carbons (Fsp3) is 0.200. The van der Waals surface area contributed by atoms with E-state index in [2.05, 4.69) is 77.7 Å². The van der Waals surface area contributed by atoms with E-state index in [1.807, 2.05) is 18.2 Å². The number of hydrogen-bond donors (Lipinski definition) is 1. The number of hydrogen-bond acceptors (Lipinski definition) is 5. The van der Waals surface area contributed by atoms with Crippen LogP contribution in [0.3, 0.4) is 0 Å². The van der Waals surface area contributed by atoms with Crippen molar-refractivity contribution in [2.75, 3.05) is 13.5 Å². The molecule has 2 atom stereocenters. The van der Waals surface area contributed by atoms with Crippen LogP contribution in [0.2, 0.25) is 0 Å². The average Bonchev–Trinajstić information content (AvgIpc) is 3.63. The summed E-state index contributed by atoms with van der Waals surface area (Å²) in [5.41, 5.74) is 7.25. The molecule has 2 heterocycles. The molecule has 172 valence electrons. The van der Waals surface area contributed by atoms with Gasteiger partial charge in [-0.1, -0.05) is 78.9 Å². The van der Waals surface area contributed by atoms with E-state index >= 15 is 0 Å². The lowest BCUT2D eigenvalue weighted by Crippen LogP contribution is -2.52. The molecule has 2 aliphatic heterocycles. The maximum absolute atomic E-state index is 12.0. The number of benzene rings is 4. The Morgan fingerprint density at radius 1 is 0.743 bits per heavy atom. The maximum Gasteiger partial charge on any atom is 0.231 e. The molecule has 5 heteroatoms. The standard InChI is InChI=1S/C30H23NO4/c32-30-25-16-27-26(33-18-34-27)14-19(25)15-28(30)31(17-35-30)29(20-8-2-1-3-9-20)23-12-6-4-10-21(23)22-11-5-7-13-24(22)29/h1-14,16,28,32H,15,17-18H2. The SMILES string of the molecule is OC12OCN(C3(c4ccccc4)c4ccccc4-c4ccccc43)C1Cc1cc3c(cc12)OCO3. The Bertz CT molecular complexity index is 1450. The Labute approximate surface area is 203 Å². The first-order chi connectivity index (χ1) is 17.2. The Kier molecular flexibility index (Phi) is 3.78. The van der Waals surface area contributed by atoms with E-state index in [1.54, 1.807) is 0 Å². The quantitative estimate of drug-likeness (QED) is 0.467. The minimum atomic E-state index is -1.43. The van der Waals surface area contributed by atoms with Gasteiger partial charge in [0.25, 0.3) is 0 Å². The van der Waals surface area contributed by atoms with Crippen molar-refractivity contribution in [3.63, 3.8) is 0 Å². The molecule has 4 aromatic carbocycles. The summed E-state index contributed by atoms with van der Waals surface area (Å²) >= 11 is 0. The number of nitrogens with zero attached hydrogens (tertiary/aromatic N) is 1. The van der Waals surface area contributed by atoms with Gasteiger partial charge in [0.05, 0.1) is 6.04 Å². The van der Waals surface area contributed by atoms with Crippen molar-refractivity contribution in [3.05, 3.63) is 119 Å². The Morgan fingerprint density at radius 2 is 1.37 bits per heavy atom. The highest BCUT2D eigenvalue weighted by molar-refractivity contribution is 5.83. The van der Waals surface area contributed by atoms with E-state index in [4.69, 9.17) is 14.2 Å². The van der Waals surface area contributed by atoms with Crippen LogP contribution < -0.4 is 9.47 Å². The molecule has 0 saturated carbocycles. The molecule has 35 heavy (non-hydrogen) atoms. The first-order valence-electron chi connectivity index (χ1n) is 12.0. The molecule has 2 aliphatic carbocycles. The van der Waals surface area contributed by atoms with Crippen molar-refractivity contribution < 1.29 is 19.3 Å². The topological polar surface area (TPSA) is 51.2 Å². The molecular formula is C30H23NO4. The molecule has 4 aromatic rings. The van der Waals surface area contributed by atoms with E-state index in [1.165, 1.54) is 22.3 Å². The molecule has 1 fully saturated rings. The zero-order chi connectivity index (χ0) is 23.2. The minimum absolute atomic E-state index is 0.206. The van der Waals surface area contributed by atoms with E-state index in [-0.39, 0.29) is 12.8 Å². The Hall–Kier alpha value is -3.64. The van der Waals surface area contributed by atoms with Crippen LogP contribution in [0.1, 0.15) is 27.8 Å². The van der Waals surface area contributed by atoms with Gasteiger partial charge in [0.2, 0.25) is 12.6 Å². The molecule has 1 N–H and O–H groups in total. The molecule has 0 spiro atoms. The molecule has 0 aromatic heterocycles. The molecule has 2 unspecified atom stereocenters. The summed E-state index contributed by atoms with van der Waals surface area (Å²) in [6.07, 6.45) is 0.654. The Balaban J connectivity index is 1.38. The van der Waals surface area contributed by atoms with Gasteiger partial charge in [0.1, 0.15) is 12.3 Å². The average molecular weight is 462 g/mol. The lowest BCUT2D eigenvalue weighted by Gasteiger charge is -2.43. The van der Waals surface area contributed by atoms with Crippen LogP contribution >= 0.6 is 0 Å². The molecule has 4 aliphatic rings. The van der Waals surface area contributed by atoms with E-state index in [0.29, 0.717) is 18.9 Å². The first-order valence-corrected chi connectivity index (χ1v) is 12.0. The van der Waals surface area contributed by atoms with E-state index in [0.717, 1.165) is 22.4 Å². The van der Waals surface area contributed by atoms with Gasteiger partial charge >= 0.3 is 0 Å². The number of rotatable bonds is 2. The molecule has 8 rings (SSSR count). The number of ether oxygens (including phenoxy) is 3. The van der Waals surface area contributed by atoms with Crippen LogP contribution in [0.15, 0.2) is 91.0 Å². The van der Waals surface area contributed by atoms with Gasteiger partial charge in [-0.15, -0.1) is 0 Å². The summed E-state index contributed by atoms with van der Waals surface area (Å²) in [6, 6.07) is 31.5. The molecule has 0 amide bonds. The van der Waals surface area contributed by atoms with Crippen molar-refractivity contribution in [3.8, 4) is 22.6 Å². The third-order valence-electron chi connectivity index (χ3n) is 8.20. The van der Waals surface area contributed by atoms with Gasteiger partial charge in [0, 0.05) is 5.56 Å². The summed E-state index contributed by atoms with van der Waals surface area (Å²) in [4.78, 5) is 2.36. The molecular weight excluding hydrogens is 438 g/mol. The van der Waals surface area contributed by atoms with Crippen LogP contribution in [-0.2, 0) is 22.5 Å². The van der Waals surface area contributed by atoms with E-state index < -0.39 is 11.3 Å². The minimum Gasteiger partial charge on any atom is -0.454 e. The fourth-order valence-electron chi connectivity index (χ4n) is 6.77. The van der Waals surface area contributed by atoms with Gasteiger partial charge in [-0.3, -0.25) is 4.90 Å². The maximum atomic E-state index is 12.0. The summed E-state index contributed by atoms with van der Waals surface area (Å²) in [7, 11) is 0. The van der Waals surface area contributed by atoms with Crippen LogP contribution in [0, 0.1) is 0 Å². The third kappa shape index (κ3) is 2.33. The van der Waals surface area contributed by atoms with Crippen LogP contribution in [-0.4, -0.2) is 29.6 Å². The summed E-state index contributed by atoms with van der Waals surface area (Å²) < 4.78 is 17.6. The predicted octanol–water partition coefficient (Wildman–Crippen LogP) is 4.75. The second-order valence-corrected chi connectivity index (χ2v) is 9.69. The highest BCUT2D eigenvalue weighted by Gasteiger charge is 2.62. The van der Waals surface area contributed by atoms with E-state index in [9.17, 15) is 5.11 Å². The molecule has 5 nitrogen and oxygen atoms in total.